The molecule has 1 atom stereocenters. The molecule has 1 saturated carbocycles. The molecule has 1 aliphatic carbocycles. The minimum atomic E-state index is -2.60. The van der Waals surface area contributed by atoms with Crippen LogP contribution in [0.5, 0.6) is 5.75 Å². The quantitative estimate of drug-likeness (QED) is 0.454. The van der Waals surface area contributed by atoms with Crippen molar-refractivity contribution >= 4 is 5.91 Å². The summed E-state index contributed by atoms with van der Waals surface area (Å²) in [5.41, 5.74) is 0.528. The molecule has 1 aromatic heterocycles. The molecule has 1 fully saturated rings. The molecule has 7 nitrogen and oxygen atoms in total. The summed E-state index contributed by atoms with van der Waals surface area (Å²) in [6, 6.07) is 3.36. The Morgan fingerprint density at radius 3 is 2.58 bits per heavy atom. The van der Waals surface area contributed by atoms with Crippen LogP contribution < -0.4 is 4.74 Å². The van der Waals surface area contributed by atoms with Crippen LogP contribution in [0.4, 0.5) is 8.78 Å². The van der Waals surface area contributed by atoms with Gasteiger partial charge in [-0.2, -0.15) is 0 Å². The molecule has 1 amide bonds. The molecule has 0 spiro atoms. The molecule has 1 aliphatic rings. The molecule has 176 valence electrons. The highest BCUT2D eigenvalue weighted by Gasteiger charge is 2.35. The third-order valence-corrected chi connectivity index (χ3v) is 5.07. The summed E-state index contributed by atoms with van der Waals surface area (Å²) in [6.45, 7) is 4.23. The van der Waals surface area contributed by atoms with E-state index in [4.69, 9.17) is 18.9 Å². The zero-order chi connectivity index (χ0) is 22.9. The Kier molecular flexibility index (Phi) is 10.1. The summed E-state index contributed by atoms with van der Waals surface area (Å²) < 4.78 is 48.5. The molecule has 1 aromatic rings. The van der Waals surface area contributed by atoms with E-state index in [2.05, 4.69) is 4.98 Å². The lowest BCUT2D eigenvalue weighted by atomic mass is 9.94. The molecule has 0 radical (unpaired) electrons. The van der Waals surface area contributed by atoms with Crippen molar-refractivity contribution in [2.75, 3.05) is 27.7 Å². The Labute approximate surface area is 183 Å². The lowest BCUT2D eigenvalue weighted by molar-refractivity contribution is -0.175. The molecule has 9 heteroatoms. The standard InChI is InChI=1S/C22H34F2N2O5/c1-16(2)11-21(30-15-29-4)26(14-28-3)20(27)13-17-12-19(7-10-25-17)31-18-5-8-22(23,24)9-6-18/h7,10,12,16,18,21H,5-6,8-9,11,13-15H2,1-4H3. The van der Waals surface area contributed by atoms with Crippen LogP contribution >= 0.6 is 0 Å². The van der Waals surface area contributed by atoms with Crippen LogP contribution in [-0.2, 0) is 25.4 Å². The van der Waals surface area contributed by atoms with Crippen molar-refractivity contribution in [1.29, 1.82) is 0 Å². The van der Waals surface area contributed by atoms with Gasteiger partial charge in [-0.05, 0) is 31.2 Å². The Morgan fingerprint density at radius 2 is 1.97 bits per heavy atom. The van der Waals surface area contributed by atoms with Gasteiger partial charge in [0.1, 0.15) is 25.5 Å². The predicted molar refractivity (Wildman–Crippen MR) is 111 cm³/mol. The number of ether oxygens (including phenoxy) is 4. The molecule has 1 heterocycles. The van der Waals surface area contributed by atoms with Crippen LogP contribution in [0.3, 0.4) is 0 Å². The number of rotatable bonds is 12. The van der Waals surface area contributed by atoms with Crippen molar-refractivity contribution in [3.63, 3.8) is 0 Å². The van der Waals surface area contributed by atoms with Crippen LogP contribution in [0, 0.1) is 5.92 Å². The van der Waals surface area contributed by atoms with Crippen molar-refractivity contribution in [1.82, 2.24) is 9.88 Å². The first-order chi connectivity index (χ1) is 14.7. The molecule has 31 heavy (non-hydrogen) atoms. The first-order valence-electron chi connectivity index (χ1n) is 10.6. The second-order valence-corrected chi connectivity index (χ2v) is 8.27. The summed E-state index contributed by atoms with van der Waals surface area (Å²) in [6.07, 6.45) is 1.75. The molecule has 0 N–H and O–H groups in total. The van der Waals surface area contributed by atoms with E-state index in [9.17, 15) is 13.6 Å². The molecule has 0 aromatic carbocycles. The van der Waals surface area contributed by atoms with E-state index in [0.29, 0.717) is 36.6 Å². The van der Waals surface area contributed by atoms with Crippen LogP contribution in [0.25, 0.3) is 0 Å². The number of pyridine rings is 1. The minimum absolute atomic E-state index is 0.0359. The van der Waals surface area contributed by atoms with Gasteiger partial charge in [-0.15, -0.1) is 0 Å². The Bertz CT molecular complexity index is 680. The van der Waals surface area contributed by atoms with Gasteiger partial charge in [-0.25, -0.2) is 8.78 Å². The molecule has 0 aliphatic heterocycles. The molecule has 1 unspecified atom stereocenters. The fraction of sp³-hybridized carbons (Fsp3) is 0.727. The van der Waals surface area contributed by atoms with Crippen molar-refractivity contribution in [2.24, 2.45) is 5.92 Å². The van der Waals surface area contributed by atoms with E-state index in [1.165, 1.54) is 19.1 Å². The highest BCUT2D eigenvalue weighted by molar-refractivity contribution is 5.78. The van der Waals surface area contributed by atoms with Gasteiger partial charge >= 0.3 is 0 Å². The van der Waals surface area contributed by atoms with E-state index < -0.39 is 12.2 Å². The van der Waals surface area contributed by atoms with E-state index in [0.717, 1.165) is 0 Å². The SMILES string of the molecule is COCOC(CC(C)C)N(COC)C(=O)Cc1cc(OC2CCC(F)(F)CC2)ccn1. The summed E-state index contributed by atoms with van der Waals surface area (Å²) in [5.74, 6) is -1.98. The molecule has 0 saturated heterocycles. The summed E-state index contributed by atoms with van der Waals surface area (Å²) in [4.78, 5) is 18.8. The molecular formula is C22H34F2N2O5. The van der Waals surface area contributed by atoms with Gasteiger partial charge in [0.2, 0.25) is 11.8 Å². The first-order valence-corrected chi connectivity index (χ1v) is 10.6. The number of carbonyl (C=O) groups excluding carboxylic acids is 1. The first kappa shape index (κ1) is 25.4. The smallest absolute Gasteiger partial charge is 0.248 e. The number of alkyl halides is 2. The van der Waals surface area contributed by atoms with E-state index in [-0.39, 0.29) is 44.8 Å². The number of hydrogen-bond acceptors (Lipinski definition) is 6. The van der Waals surface area contributed by atoms with Gasteiger partial charge in [0.05, 0.1) is 18.2 Å². The Morgan fingerprint density at radius 1 is 1.26 bits per heavy atom. The van der Waals surface area contributed by atoms with E-state index in [1.807, 2.05) is 13.8 Å². The average Bonchev–Trinajstić information content (AvgIpc) is 2.71. The Balaban J connectivity index is 2.03. The maximum absolute atomic E-state index is 13.3. The van der Waals surface area contributed by atoms with Crippen molar-refractivity contribution < 1.29 is 32.5 Å². The number of carbonyl (C=O) groups is 1. The van der Waals surface area contributed by atoms with Crippen LogP contribution in [0.15, 0.2) is 18.3 Å². The lowest BCUT2D eigenvalue weighted by Gasteiger charge is -2.32. The number of halogens is 2. The zero-order valence-corrected chi connectivity index (χ0v) is 18.8. The maximum Gasteiger partial charge on any atom is 0.248 e. The normalized spacial score (nSPS) is 17.5. The zero-order valence-electron chi connectivity index (χ0n) is 18.8. The predicted octanol–water partition coefficient (Wildman–Crippen LogP) is 4.01. The monoisotopic (exact) mass is 444 g/mol. The van der Waals surface area contributed by atoms with Crippen LogP contribution in [-0.4, -0.2) is 61.8 Å². The van der Waals surface area contributed by atoms with Crippen molar-refractivity contribution in [3.05, 3.63) is 24.0 Å². The minimum Gasteiger partial charge on any atom is -0.490 e. The third-order valence-electron chi connectivity index (χ3n) is 5.07. The van der Waals surface area contributed by atoms with Gasteiger partial charge in [0.25, 0.3) is 0 Å². The van der Waals surface area contributed by atoms with Gasteiger partial charge in [0, 0.05) is 39.3 Å². The summed E-state index contributed by atoms with van der Waals surface area (Å²) >= 11 is 0. The Hall–Kier alpha value is -1.84. The fourth-order valence-corrected chi connectivity index (χ4v) is 3.50. The maximum atomic E-state index is 13.3. The van der Waals surface area contributed by atoms with E-state index in [1.54, 1.807) is 18.3 Å². The molecular weight excluding hydrogens is 410 g/mol. The number of nitrogens with zero attached hydrogens (tertiary/aromatic N) is 2. The van der Waals surface area contributed by atoms with Crippen molar-refractivity contribution in [3.8, 4) is 5.75 Å². The third kappa shape index (κ3) is 8.66. The highest BCUT2D eigenvalue weighted by atomic mass is 19.3. The number of hydrogen-bond donors (Lipinski definition) is 0. The van der Waals surface area contributed by atoms with Crippen LogP contribution in [0.2, 0.25) is 0 Å². The summed E-state index contributed by atoms with van der Waals surface area (Å²) in [5, 5.41) is 0. The number of aromatic nitrogens is 1. The lowest BCUT2D eigenvalue weighted by Crippen LogP contribution is -2.45. The van der Waals surface area contributed by atoms with Gasteiger partial charge in [-0.3, -0.25) is 14.7 Å². The number of methoxy groups -OCH3 is 2. The number of amides is 1. The average molecular weight is 445 g/mol. The molecule has 2 rings (SSSR count). The fourth-order valence-electron chi connectivity index (χ4n) is 3.50. The highest BCUT2D eigenvalue weighted by Crippen LogP contribution is 2.34. The second kappa shape index (κ2) is 12.3. The molecule has 0 bridgehead atoms. The van der Waals surface area contributed by atoms with Gasteiger partial charge in [0.15, 0.2) is 0 Å². The summed E-state index contributed by atoms with van der Waals surface area (Å²) in [7, 11) is 3.04. The van der Waals surface area contributed by atoms with Gasteiger partial charge < -0.3 is 18.9 Å². The van der Waals surface area contributed by atoms with Crippen molar-refractivity contribution in [2.45, 2.75) is 70.6 Å². The van der Waals surface area contributed by atoms with Gasteiger partial charge in [-0.1, -0.05) is 13.8 Å². The topological polar surface area (TPSA) is 70.1 Å². The van der Waals surface area contributed by atoms with E-state index >= 15 is 0 Å². The second-order valence-electron chi connectivity index (χ2n) is 8.27. The largest absolute Gasteiger partial charge is 0.490 e. The van der Waals surface area contributed by atoms with Crippen LogP contribution in [0.1, 0.15) is 51.6 Å².